The van der Waals surface area contributed by atoms with Gasteiger partial charge in [-0.1, -0.05) is 28.4 Å². The zero-order valence-corrected chi connectivity index (χ0v) is 17.1. The number of hydrogen-bond donors (Lipinski definition) is 0. The summed E-state index contributed by atoms with van der Waals surface area (Å²) in [5.41, 5.74) is 0.694. The van der Waals surface area contributed by atoms with Gasteiger partial charge in [0.1, 0.15) is 0 Å². The van der Waals surface area contributed by atoms with Gasteiger partial charge in [-0.2, -0.15) is 4.98 Å². The maximum atomic E-state index is 12.5. The predicted molar refractivity (Wildman–Crippen MR) is 106 cm³/mol. The number of likely N-dealkylation sites (tertiary alicyclic amines) is 1. The average Bonchev–Trinajstić information content (AvgIpc) is 3.11. The molecule has 146 valence electrons. The molecule has 3 rings (SSSR count). The van der Waals surface area contributed by atoms with Gasteiger partial charge in [0.2, 0.25) is 17.6 Å². The third kappa shape index (κ3) is 4.81. The lowest BCUT2D eigenvalue weighted by atomic mass is 9.95. The fraction of sp³-hybridized carbons (Fsp3) is 0.526. The van der Waals surface area contributed by atoms with Gasteiger partial charge in [-0.05, 0) is 58.0 Å². The summed E-state index contributed by atoms with van der Waals surface area (Å²) in [6, 6.07) is 5.19. The summed E-state index contributed by atoms with van der Waals surface area (Å²) in [4.78, 5) is 21.1. The van der Waals surface area contributed by atoms with Crippen molar-refractivity contribution in [3.8, 4) is 11.4 Å². The van der Waals surface area contributed by atoms with Crippen molar-refractivity contribution in [1.82, 2.24) is 19.9 Å². The number of piperidine rings is 1. The highest BCUT2D eigenvalue weighted by Gasteiger charge is 2.28. The van der Waals surface area contributed by atoms with Crippen LogP contribution in [0.15, 0.2) is 22.7 Å². The van der Waals surface area contributed by atoms with Gasteiger partial charge >= 0.3 is 0 Å². The Balaban J connectivity index is 1.57. The molecule has 2 aromatic rings. The maximum absolute atomic E-state index is 12.5. The van der Waals surface area contributed by atoms with E-state index in [1.165, 1.54) is 0 Å². The topological polar surface area (TPSA) is 62.5 Å². The van der Waals surface area contributed by atoms with Crippen LogP contribution in [0.4, 0.5) is 0 Å². The van der Waals surface area contributed by atoms with Crippen LogP contribution in [-0.4, -0.2) is 52.0 Å². The van der Waals surface area contributed by atoms with Crippen LogP contribution < -0.4 is 0 Å². The Kier molecular flexibility index (Phi) is 6.73. The minimum atomic E-state index is 0.118. The third-order valence-electron chi connectivity index (χ3n) is 5.01. The molecule has 0 N–H and O–H groups in total. The molecule has 0 radical (unpaired) electrons. The number of carbonyl (C=O) groups excluding carboxylic acids is 1. The normalized spacial score (nSPS) is 15.9. The van der Waals surface area contributed by atoms with Gasteiger partial charge in [0.25, 0.3) is 0 Å². The largest absolute Gasteiger partial charge is 0.343 e. The molecule has 0 unspecified atom stereocenters. The monoisotopic (exact) mass is 410 g/mol. The third-order valence-corrected chi connectivity index (χ3v) is 5.56. The highest BCUT2D eigenvalue weighted by atomic mass is 35.5. The molecule has 0 aliphatic carbocycles. The van der Waals surface area contributed by atoms with Crippen molar-refractivity contribution in [2.75, 3.05) is 26.2 Å². The van der Waals surface area contributed by atoms with Gasteiger partial charge in [0.05, 0.1) is 11.6 Å². The van der Waals surface area contributed by atoms with Crippen molar-refractivity contribution in [2.24, 2.45) is 5.92 Å². The summed E-state index contributed by atoms with van der Waals surface area (Å²) in [5, 5.41) is 5.09. The molecular weight excluding hydrogens is 387 g/mol. The van der Waals surface area contributed by atoms with Crippen LogP contribution in [0.1, 0.15) is 32.6 Å². The van der Waals surface area contributed by atoms with Crippen molar-refractivity contribution >= 4 is 29.1 Å². The van der Waals surface area contributed by atoms with Crippen molar-refractivity contribution in [1.29, 1.82) is 0 Å². The lowest BCUT2D eigenvalue weighted by Crippen LogP contribution is -2.42. The predicted octanol–water partition coefficient (Wildman–Crippen LogP) is 4.12. The van der Waals surface area contributed by atoms with Crippen LogP contribution in [-0.2, 0) is 11.3 Å². The lowest BCUT2D eigenvalue weighted by molar-refractivity contribution is -0.136. The highest BCUT2D eigenvalue weighted by molar-refractivity contribution is 6.36. The molecule has 1 aromatic heterocycles. The van der Waals surface area contributed by atoms with Crippen molar-refractivity contribution in [3.63, 3.8) is 0 Å². The van der Waals surface area contributed by atoms with Gasteiger partial charge in [-0.3, -0.25) is 9.69 Å². The summed E-state index contributed by atoms with van der Waals surface area (Å²) in [5.74, 6) is 1.40. The second kappa shape index (κ2) is 9.04. The Morgan fingerprint density at radius 2 is 1.96 bits per heavy atom. The smallest absolute Gasteiger partial charge is 0.241 e. The number of nitrogens with zero attached hydrogens (tertiary/aromatic N) is 4. The number of amides is 1. The molecule has 0 bridgehead atoms. The zero-order chi connectivity index (χ0) is 19.4. The van der Waals surface area contributed by atoms with E-state index in [9.17, 15) is 4.79 Å². The minimum absolute atomic E-state index is 0.118. The fourth-order valence-electron chi connectivity index (χ4n) is 3.42. The number of carbonyl (C=O) groups is 1. The van der Waals surface area contributed by atoms with Crippen LogP contribution in [0, 0.1) is 5.92 Å². The first-order chi connectivity index (χ1) is 13.0. The van der Waals surface area contributed by atoms with Crippen molar-refractivity contribution in [3.05, 3.63) is 34.1 Å². The lowest BCUT2D eigenvalue weighted by Gasteiger charge is -2.32. The second-order valence-electron chi connectivity index (χ2n) is 6.70. The van der Waals surface area contributed by atoms with Gasteiger partial charge in [-0.25, -0.2) is 0 Å². The molecule has 1 amide bonds. The SMILES string of the molecule is CCN(CC)C(=O)C1CCN(Cc2nc(-c3ccc(Cl)cc3Cl)no2)CC1. The number of rotatable bonds is 6. The quantitative estimate of drug-likeness (QED) is 0.716. The Morgan fingerprint density at radius 3 is 2.59 bits per heavy atom. The molecule has 1 saturated heterocycles. The van der Waals surface area contributed by atoms with E-state index in [0.29, 0.717) is 33.9 Å². The van der Waals surface area contributed by atoms with Crippen LogP contribution in [0.3, 0.4) is 0 Å². The van der Waals surface area contributed by atoms with E-state index in [-0.39, 0.29) is 11.8 Å². The molecule has 0 saturated carbocycles. The molecule has 8 heteroatoms. The van der Waals surface area contributed by atoms with Crippen molar-refractivity contribution in [2.45, 2.75) is 33.2 Å². The molecule has 27 heavy (non-hydrogen) atoms. The Labute approximate surface area is 169 Å². The van der Waals surface area contributed by atoms with Crippen LogP contribution >= 0.6 is 23.2 Å². The van der Waals surface area contributed by atoms with Gasteiger partial charge < -0.3 is 9.42 Å². The maximum Gasteiger partial charge on any atom is 0.241 e. The van der Waals surface area contributed by atoms with Crippen LogP contribution in [0.25, 0.3) is 11.4 Å². The molecule has 1 fully saturated rings. The van der Waals surface area contributed by atoms with E-state index >= 15 is 0 Å². The second-order valence-corrected chi connectivity index (χ2v) is 7.54. The molecular formula is C19H24Cl2N4O2. The summed E-state index contributed by atoms with van der Waals surface area (Å²) in [7, 11) is 0. The fourth-order valence-corrected chi connectivity index (χ4v) is 3.92. The molecule has 2 heterocycles. The molecule has 1 aliphatic rings. The zero-order valence-electron chi connectivity index (χ0n) is 15.6. The summed E-state index contributed by atoms with van der Waals surface area (Å²) < 4.78 is 5.38. The van der Waals surface area contributed by atoms with Gasteiger partial charge in [0, 0.05) is 29.6 Å². The number of aromatic nitrogens is 2. The van der Waals surface area contributed by atoms with E-state index in [1.807, 2.05) is 18.7 Å². The van der Waals surface area contributed by atoms with E-state index in [0.717, 1.165) is 39.0 Å². The first-order valence-electron chi connectivity index (χ1n) is 9.31. The highest BCUT2D eigenvalue weighted by Crippen LogP contribution is 2.29. The first kappa shape index (κ1) is 20.1. The Bertz CT molecular complexity index is 784. The summed E-state index contributed by atoms with van der Waals surface area (Å²) >= 11 is 12.1. The van der Waals surface area contributed by atoms with E-state index in [4.69, 9.17) is 27.7 Å². The molecule has 0 spiro atoms. The molecule has 1 aliphatic heterocycles. The average molecular weight is 411 g/mol. The molecule has 0 atom stereocenters. The van der Waals surface area contributed by atoms with Gasteiger partial charge in [-0.15, -0.1) is 0 Å². The van der Waals surface area contributed by atoms with Crippen LogP contribution in [0.2, 0.25) is 10.0 Å². The van der Waals surface area contributed by atoms with Crippen LogP contribution in [0.5, 0.6) is 0 Å². The minimum Gasteiger partial charge on any atom is -0.343 e. The molecule has 6 nitrogen and oxygen atoms in total. The Morgan fingerprint density at radius 1 is 1.26 bits per heavy atom. The Hall–Kier alpha value is -1.63. The summed E-state index contributed by atoms with van der Waals surface area (Å²) in [6.45, 7) is 7.85. The molecule has 1 aromatic carbocycles. The number of hydrogen-bond acceptors (Lipinski definition) is 5. The van der Waals surface area contributed by atoms with E-state index in [2.05, 4.69) is 15.0 Å². The standard InChI is InChI=1S/C19H24Cl2N4O2/c1-3-25(4-2)19(26)13-7-9-24(10-8-13)12-17-22-18(23-27-17)15-6-5-14(20)11-16(15)21/h5-6,11,13H,3-4,7-10,12H2,1-2H3. The van der Waals surface area contributed by atoms with Crippen molar-refractivity contribution < 1.29 is 9.32 Å². The number of benzene rings is 1. The summed E-state index contributed by atoms with van der Waals surface area (Å²) in [6.07, 6.45) is 1.72. The van der Waals surface area contributed by atoms with Gasteiger partial charge in [0.15, 0.2) is 0 Å². The number of halogens is 2. The van der Waals surface area contributed by atoms with E-state index in [1.54, 1.807) is 18.2 Å². The first-order valence-corrected chi connectivity index (χ1v) is 10.1. The van der Waals surface area contributed by atoms with E-state index < -0.39 is 0 Å².